The molecule has 7 heteroatoms. The van der Waals surface area contributed by atoms with Gasteiger partial charge in [-0.1, -0.05) is 11.2 Å². The lowest BCUT2D eigenvalue weighted by Crippen LogP contribution is -2.11. The molecule has 2 N–H and O–H groups in total. The van der Waals surface area contributed by atoms with Crippen LogP contribution in [0.2, 0.25) is 0 Å². The van der Waals surface area contributed by atoms with E-state index in [1.165, 1.54) is 18.4 Å². The van der Waals surface area contributed by atoms with Gasteiger partial charge in [0.2, 0.25) is 5.13 Å². The quantitative estimate of drug-likeness (QED) is 0.768. The first kappa shape index (κ1) is 11.7. The minimum Gasteiger partial charge on any atom is -0.472 e. The number of methoxy groups -OCH3 is 1. The fraction of sp³-hybridized carbons (Fsp3) is 0.0833. The zero-order valence-electron chi connectivity index (χ0n) is 10.0. The number of fused-ring (bicyclic) bond motifs is 1. The van der Waals surface area contributed by atoms with E-state index >= 15 is 0 Å². The third-order valence-electron chi connectivity index (χ3n) is 2.64. The zero-order valence-corrected chi connectivity index (χ0v) is 10.8. The second-order valence-electron chi connectivity index (χ2n) is 3.78. The van der Waals surface area contributed by atoms with Gasteiger partial charge in [0.1, 0.15) is 0 Å². The summed E-state index contributed by atoms with van der Waals surface area (Å²) in [5, 5.41) is 12.0. The van der Waals surface area contributed by atoms with Crippen LogP contribution in [0, 0.1) is 0 Å². The smallest absolute Gasteiger partial charge is 0.295 e. The van der Waals surface area contributed by atoms with Gasteiger partial charge < -0.3 is 9.72 Å². The molecule has 2 heterocycles. The first-order chi connectivity index (χ1) is 9.28. The molecule has 0 aliphatic carbocycles. The predicted molar refractivity (Wildman–Crippen MR) is 72.7 cm³/mol. The molecule has 0 radical (unpaired) electrons. The van der Waals surface area contributed by atoms with Crippen molar-refractivity contribution in [1.82, 2.24) is 15.2 Å². The van der Waals surface area contributed by atoms with Gasteiger partial charge in [-0.2, -0.15) is 0 Å². The largest absolute Gasteiger partial charge is 0.472 e. The maximum atomic E-state index is 12.2. The summed E-state index contributed by atoms with van der Waals surface area (Å²) in [6.45, 7) is 0. The van der Waals surface area contributed by atoms with Crippen LogP contribution in [0.4, 0.5) is 5.13 Å². The monoisotopic (exact) mass is 274 g/mol. The second kappa shape index (κ2) is 4.69. The molecule has 2 aromatic heterocycles. The third-order valence-corrected chi connectivity index (χ3v) is 3.44. The van der Waals surface area contributed by atoms with Crippen molar-refractivity contribution in [3.63, 3.8) is 0 Å². The van der Waals surface area contributed by atoms with E-state index in [1.54, 1.807) is 12.3 Å². The standard InChI is InChI=1S/C12H10N4O2S/c1-18-12-16-15-11(19-12)14-10(17)8-3-2-4-9-7(8)5-6-13-9/h2-6,13H,1H3,(H,14,15,17). The van der Waals surface area contributed by atoms with Gasteiger partial charge in [0.05, 0.1) is 7.11 Å². The van der Waals surface area contributed by atoms with Crippen LogP contribution in [0.3, 0.4) is 0 Å². The minimum atomic E-state index is -0.219. The van der Waals surface area contributed by atoms with E-state index in [0.29, 0.717) is 15.9 Å². The zero-order chi connectivity index (χ0) is 13.2. The van der Waals surface area contributed by atoms with Crippen LogP contribution >= 0.6 is 11.3 Å². The molecule has 96 valence electrons. The number of benzene rings is 1. The summed E-state index contributed by atoms with van der Waals surface area (Å²) >= 11 is 1.18. The molecule has 6 nitrogen and oxygen atoms in total. The van der Waals surface area contributed by atoms with Gasteiger partial charge >= 0.3 is 0 Å². The van der Waals surface area contributed by atoms with Crippen molar-refractivity contribution in [2.45, 2.75) is 0 Å². The topological polar surface area (TPSA) is 79.9 Å². The average molecular weight is 274 g/mol. The molecule has 3 aromatic rings. The number of anilines is 1. The van der Waals surface area contributed by atoms with Crippen molar-refractivity contribution in [1.29, 1.82) is 0 Å². The molecule has 1 amide bonds. The molecule has 0 unspecified atom stereocenters. The molecule has 0 spiro atoms. The first-order valence-corrected chi connectivity index (χ1v) is 6.34. The minimum absolute atomic E-state index is 0.219. The Bertz CT molecular complexity index is 734. The van der Waals surface area contributed by atoms with E-state index in [2.05, 4.69) is 20.5 Å². The van der Waals surface area contributed by atoms with Crippen molar-refractivity contribution in [3.05, 3.63) is 36.0 Å². The summed E-state index contributed by atoms with van der Waals surface area (Å²) < 4.78 is 4.93. The number of hydrogen-bond acceptors (Lipinski definition) is 5. The first-order valence-electron chi connectivity index (χ1n) is 5.53. The number of carbonyl (C=O) groups is 1. The number of nitrogens with zero attached hydrogens (tertiary/aromatic N) is 2. The van der Waals surface area contributed by atoms with Crippen LogP contribution in [0.1, 0.15) is 10.4 Å². The number of rotatable bonds is 3. The summed E-state index contributed by atoms with van der Waals surface area (Å²) in [6, 6.07) is 7.38. The van der Waals surface area contributed by atoms with Crippen molar-refractivity contribution in [2.24, 2.45) is 0 Å². The van der Waals surface area contributed by atoms with E-state index in [1.807, 2.05) is 18.2 Å². The molecule has 0 saturated carbocycles. The Morgan fingerprint density at radius 2 is 2.26 bits per heavy atom. The maximum Gasteiger partial charge on any atom is 0.295 e. The van der Waals surface area contributed by atoms with Crippen LogP contribution in [-0.4, -0.2) is 28.2 Å². The Kier molecular flexibility index (Phi) is 2.88. The Morgan fingerprint density at radius 1 is 1.37 bits per heavy atom. The summed E-state index contributed by atoms with van der Waals surface area (Å²) in [7, 11) is 1.51. The molecule has 0 aliphatic heterocycles. The van der Waals surface area contributed by atoms with Crippen LogP contribution in [-0.2, 0) is 0 Å². The molecule has 0 saturated heterocycles. The van der Waals surface area contributed by atoms with Crippen molar-refractivity contribution in [3.8, 4) is 5.19 Å². The lowest BCUT2D eigenvalue weighted by Gasteiger charge is -2.02. The highest BCUT2D eigenvalue weighted by atomic mass is 32.1. The Morgan fingerprint density at radius 3 is 3.05 bits per heavy atom. The fourth-order valence-corrected chi connectivity index (χ4v) is 2.35. The number of aromatic nitrogens is 3. The van der Waals surface area contributed by atoms with Gasteiger partial charge in [0, 0.05) is 22.7 Å². The number of nitrogens with one attached hydrogen (secondary N) is 2. The molecule has 3 rings (SSSR count). The van der Waals surface area contributed by atoms with Crippen LogP contribution in [0.25, 0.3) is 10.9 Å². The van der Waals surface area contributed by atoms with Crippen molar-refractivity contribution < 1.29 is 9.53 Å². The molecule has 19 heavy (non-hydrogen) atoms. The number of H-pyrrole nitrogens is 1. The molecular weight excluding hydrogens is 264 g/mol. The van der Waals surface area contributed by atoms with Crippen molar-refractivity contribution >= 4 is 33.3 Å². The fourth-order valence-electron chi connectivity index (χ4n) is 1.79. The van der Waals surface area contributed by atoms with Gasteiger partial charge in [-0.05, 0) is 29.5 Å². The SMILES string of the molecule is COc1nnc(NC(=O)c2cccc3[nH]ccc23)s1. The number of amides is 1. The molecule has 0 fully saturated rings. The second-order valence-corrected chi connectivity index (χ2v) is 4.72. The van der Waals surface area contributed by atoms with E-state index in [-0.39, 0.29) is 5.91 Å². The average Bonchev–Trinajstić information content (AvgIpc) is 3.05. The Labute approximate surface area is 112 Å². The lowest BCUT2D eigenvalue weighted by molar-refractivity contribution is 0.102. The van der Waals surface area contributed by atoms with Gasteiger partial charge in [0.15, 0.2) is 0 Å². The van der Waals surface area contributed by atoms with E-state index < -0.39 is 0 Å². The van der Waals surface area contributed by atoms with Gasteiger partial charge in [-0.15, -0.1) is 5.10 Å². The Hall–Kier alpha value is -2.41. The van der Waals surface area contributed by atoms with Crippen LogP contribution in [0.5, 0.6) is 5.19 Å². The molecule has 1 aromatic carbocycles. The number of hydrogen-bond donors (Lipinski definition) is 2. The molecule has 0 atom stereocenters. The molecule has 0 bridgehead atoms. The molecule has 0 aliphatic rings. The number of aromatic amines is 1. The predicted octanol–water partition coefficient (Wildman–Crippen LogP) is 2.28. The Balaban J connectivity index is 1.89. The highest BCUT2D eigenvalue weighted by Crippen LogP contribution is 2.23. The third kappa shape index (κ3) is 2.15. The van der Waals surface area contributed by atoms with E-state index in [0.717, 1.165) is 10.9 Å². The summed E-state index contributed by atoms with van der Waals surface area (Å²) in [5.74, 6) is -0.219. The summed E-state index contributed by atoms with van der Waals surface area (Å²) in [5.41, 5.74) is 1.51. The van der Waals surface area contributed by atoms with Crippen LogP contribution in [0.15, 0.2) is 30.5 Å². The number of carbonyl (C=O) groups excluding carboxylic acids is 1. The number of ether oxygens (including phenoxy) is 1. The summed E-state index contributed by atoms with van der Waals surface area (Å²) in [6.07, 6.45) is 1.80. The van der Waals surface area contributed by atoms with Gasteiger partial charge in [0.25, 0.3) is 11.1 Å². The van der Waals surface area contributed by atoms with E-state index in [9.17, 15) is 4.79 Å². The van der Waals surface area contributed by atoms with Gasteiger partial charge in [-0.25, -0.2) is 0 Å². The van der Waals surface area contributed by atoms with Crippen molar-refractivity contribution in [2.75, 3.05) is 12.4 Å². The molecular formula is C12H10N4O2S. The van der Waals surface area contributed by atoms with Gasteiger partial charge in [-0.3, -0.25) is 10.1 Å². The maximum absolute atomic E-state index is 12.2. The summed E-state index contributed by atoms with van der Waals surface area (Å²) in [4.78, 5) is 15.3. The van der Waals surface area contributed by atoms with E-state index in [4.69, 9.17) is 4.74 Å². The highest BCUT2D eigenvalue weighted by molar-refractivity contribution is 7.17. The lowest BCUT2D eigenvalue weighted by atomic mass is 10.1. The van der Waals surface area contributed by atoms with Crippen LogP contribution < -0.4 is 10.1 Å². The normalized spacial score (nSPS) is 10.6. The highest BCUT2D eigenvalue weighted by Gasteiger charge is 2.13.